The summed E-state index contributed by atoms with van der Waals surface area (Å²) in [4.78, 5) is 2.50. The van der Waals surface area contributed by atoms with Crippen molar-refractivity contribution in [3.63, 3.8) is 0 Å². The van der Waals surface area contributed by atoms with Crippen LogP contribution < -0.4 is 15.2 Å². The van der Waals surface area contributed by atoms with Gasteiger partial charge in [-0.1, -0.05) is 6.07 Å². The van der Waals surface area contributed by atoms with Gasteiger partial charge in [0.15, 0.2) is 11.5 Å². The smallest absolute Gasteiger partial charge is 0.161 e. The van der Waals surface area contributed by atoms with Crippen LogP contribution in [0.25, 0.3) is 0 Å². The Morgan fingerprint density at radius 3 is 2.65 bits per heavy atom. The molecule has 4 heteroatoms. The van der Waals surface area contributed by atoms with Gasteiger partial charge in [0, 0.05) is 12.6 Å². The molecule has 0 saturated carbocycles. The van der Waals surface area contributed by atoms with Gasteiger partial charge in [0.25, 0.3) is 0 Å². The highest BCUT2D eigenvalue weighted by molar-refractivity contribution is 5.43. The number of ether oxygens (including phenoxy) is 2. The van der Waals surface area contributed by atoms with Gasteiger partial charge in [-0.3, -0.25) is 0 Å². The van der Waals surface area contributed by atoms with Crippen LogP contribution in [0.3, 0.4) is 0 Å². The maximum absolute atomic E-state index is 5.88. The molecule has 0 bridgehead atoms. The van der Waals surface area contributed by atoms with Crippen LogP contribution in [0, 0.1) is 0 Å². The Balaban J connectivity index is 1.82. The Bertz CT molecular complexity index is 415. The van der Waals surface area contributed by atoms with E-state index in [2.05, 4.69) is 4.90 Å². The Hall–Kier alpha value is -1.26. The van der Waals surface area contributed by atoms with E-state index in [9.17, 15) is 0 Å². The zero-order valence-electron chi connectivity index (χ0n) is 12.6. The Labute approximate surface area is 121 Å². The summed E-state index contributed by atoms with van der Waals surface area (Å²) in [5.74, 6) is 1.57. The number of nitrogens with two attached hydrogens (primary N) is 1. The average Bonchev–Trinajstić information content (AvgIpc) is 2.96. The third kappa shape index (κ3) is 4.12. The van der Waals surface area contributed by atoms with Crippen molar-refractivity contribution < 1.29 is 9.47 Å². The summed E-state index contributed by atoms with van der Waals surface area (Å²) in [6, 6.07) is 5.92. The number of methoxy groups -OCH3 is 1. The third-order valence-corrected chi connectivity index (χ3v) is 3.79. The normalized spacial score (nSPS) is 17.1. The molecule has 1 aliphatic rings. The molecule has 20 heavy (non-hydrogen) atoms. The largest absolute Gasteiger partial charge is 0.493 e. The molecule has 2 rings (SSSR count). The van der Waals surface area contributed by atoms with Crippen molar-refractivity contribution in [1.82, 2.24) is 4.90 Å². The van der Waals surface area contributed by atoms with Gasteiger partial charge < -0.3 is 20.1 Å². The highest BCUT2D eigenvalue weighted by atomic mass is 16.5. The van der Waals surface area contributed by atoms with Crippen LogP contribution in [0.2, 0.25) is 0 Å². The van der Waals surface area contributed by atoms with Crippen LogP contribution in [0.5, 0.6) is 11.5 Å². The van der Waals surface area contributed by atoms with Crippen LogP contribution in [-0.4, -0.2) is 38.3 Å². The zero-order valence-corrected chi connectivity index (χ0v) is 12.6. The number of likely N-dealkylation sites (tertiary alicyclic amines) is 1. The average molecular weight is 278 g/mol. The van der Waals surface area contributed by atoms with Crippen molar-refractivity contribution in [3.8, 4) is 11.5 Å². The summed E-state index contributed by atoms with van der Waals surface area (Å²) in [5, 5.41) is 0. The van der Waals surface area contributed by atoms with E-state index >= 15 is 0 Å². The van der Waals surface area contributed by atoms with E-state index in [1.807, 2.05) is 25.1 Å². The number of hydrogen-bond acceptors (Lipinski definition) is 4. The van der Waals surface area contributed by atoms with Crippen molar-refractivity contribution in [2.45, 2.75) is 32.2 Å². The molecule has 0 amide bonds. The van der Waals surface area contributed by atoms with Crippen LogP contribution in [0.1, 0.15) is 37.8 Å². The molecule has 0 unspecified atom stereocenters. The highest BCUT2D eigenvalue weighted by Gasteiger charge is 2.11. The standard InChI is InChI=1S/C16H26N2O2/c1-13(17)14-6-7-15(16(12-14)19-2)20-11-5-10-18-8-3-4-9-18/h6-7,12-13H,3-5,8-11,17H2,1-2H3/t13-/m0/s1. The van der Waals surface area contributed by atoms with Gasteiger partial charge in [-0.25, -0.2) is 0 Å². The van der Waals surface area contributed by atoms with E-state index in [1.165, 1.54) is 25.9 Å². The second-order valence-electron chi connectivity index (χ2n) is 5.45. The minimum absolute atomic E-state index is 0.00752. The van der Waals surface area contributed by atoms with E-state index in [0.29, 0.717) is 0 Å². The number of hydrogen-bond donors (Lipinski definition) is 1. The van der Waals surface area contributed by atoms with Gasteiger partial charge in [-0.05, 0) is 57.0 Å². The SMILES string of the molecule is COc1cc([C@H](C)N)ccc1OCCCN1CCCC1. The van der Waals surface area contributed by atoms with Crippen molar-refractivity contribution in [1.29, 1.82) is 0 Å². The molecule has 1 aromatic rings. The Kier molecular flexibility index (Phi) is 5.68. The van der Waals surface area contributed by atoms with Gasteiger partial charge in [0.2, 0.25) is 0 Å². The van der Waals surface area contributed by atoms with E-state index < -0.39 is 0 Å². The van der Waals surface area contributed by atoms with Gasteiger partial charge in [-0.2, -0.15) is 0 Å². The van der Waals surface area contributed by atoms with E-state index in [1.54, 1.807) is 7.11 Å². The molecule has 2 N–H and O–H groups in total. The van der Waals surface area contributed by atoms with Crippen LogP contribution in [0.15, 0.2) is 18.2 Å². The first-order valence-electron chi connectivity index (χ1n) is 7.49. The molecule has 4 nitrogen and oxygen atoms in total. The number of rotatable bonds is 7. The van der Waals surface area contributed by atoms with Gasteiger partial charge in [0.05, 0.1) is 13.7 Å². The first-order chi connectivity index (χ1) is 9.70. The summed E-state index contributed by atoms with van der Waals surface area (Å²) in [7, 11) is 1.66. The lowest BCUT2D eigenvalue weighted by Crippen LogP contribution is -2.21. The molecule has 0 spiro atoms. The van der Waals surface area contributed by atoms with E-state index in [4.69, 9.17) is 15.2 Å². The summed E-state index contributed by atoms with van der Waals surface area (Å²) >= 11 is 0. The molecule has 0 aromatic heterocycles. The fourth-order valence-corrected chi connectivity index (χ4v) is 2.56. The monoisotopic (exact) mass is 278 g/mol. The topological polar surface area (TPSA) is 47.7 Å². The summed E-state index contributed by atoms with van der Waals surface area (Å²) in [6.45, 7) is 6.30. The molecule has 0 radical (unpaired) electrons. The lowest BCUT2D eigenvalue weighted by molar-refractivity contribution is 0.254. The molecular formula is C16H26N2O2. The minimum Gasteiger partial charge on any atom is -0.493 e. The maximum atomic E-state index is 5.88. The molecule has 1 aliphatic heterocycles. The van der Waals surface area contributed by atoms with E-state index in [0.717, 1.165) is 36.6 Å². The Morgan fingerprint density at radius 1 is 1.25 bits per heavy atom. The molecule has 1 aromatic carbocycles. The van der Waals surface area contributed by atoms with Crippen molar-refractivity contribution in [2.75, 3.05) is 33.4 Å². The lowest BCUT2D eigenvalue weighted by atomic mass is 10.1. The quantitative estimate of drug-likeness (QED) is 0.779. The number of nitrogens with zero attached hydrogens (tertiary/aromatic N) is 1. The fourth-order valence-electron chi connectivity index (χ4n) is 2.56. The first kappa shape index (κ1) is 15.1. The van der Waals surface area contributed by atoms with Crippen molar-refractivity contribution in [3.05, 3.63) is 23.8 Å². The number of benzene rings is 1. The second-order valence-corrected chi connectivity index (χ2v) is 5.45. The Morgan fingerprint density at radius 2 is 2.00 bits per heavy atom. The summed E-state index contributed by atoms with van der Waals surface area (Å²) in [6.07, 6.45) is 3.74. The lowest BCUT2D eigenvalue weighted by Gasteiger charge is -2.16. The molecule has 112 valence electrons. The van der Waals surface area contributed by atoms with Gasteiger partial charge in [0.1, 0.15) is 0 Å². The van der Waals surface area contributed by atoms with Gasteiger partial charge in [-0.15, -0.1) is 0 Å². The second kappa shape index (κ2) is 7.50. The first-order valence-corrected chi connectivity index (χ1v) is 7.49. The minimum atomic E-state index is 0.00752. The third-order valence-electron chi connectivity index (χ3n) is 3.79. The van der Waals surface area contributed by atoms with Crippen molar-refractivity contribution >= 4 is 0 Å². The molecule has 0 aliphatic carbocycles. The molecule has 1 saturated heterocycles. The van der Waals surface area contributed by atoms with E-state index in [-0.39, 0.29) is 6.04 Å². The zero-order chi connectivity index (χ0) is 14.4. The maximum Gasteiger partial charge on any atom is 0.161 e. The predicted molar refractivity (Wildman–Crippen MR) is 81.4 cm³/mol. The fraction of sp³-hybridized carbons (Fsp3) is 0.625. The predicted octanol–water partition coefficient (Wildman–Crippen LogP) is 2.58. The summed E-state index contributed by atoms with van der Waals surface area (Å²) in [5.41, 5.74) is 6.94. The van der Waals surface area contributed by atoms with Crippen LogP contribution >= 0.6 is 0 Å². The molecule has 1 fully saturated rings. The molecule has 1 atom stereocenters. The van der Waals surface area contributed by atoms with Crippen molar-refractivity contribution in [2.24, 2.45) is 5.73 Å². The van der Waals surface area contributed by atoms with Crippen LogP contribution in [0.4, 0.5) is 0 Å². The highest BCUT2D eigenvalue weighted by Crippen LogP contribution is 2.29. The van der Waals surface area contributed by atoms with Gasteiger partial charge >= 0.3 is 0 Å². The summed E-state index contributed by atoms with van der Waals surface area (Å²) < 4.78 is 11.2. The van der Waals surface area contributed by atoms with Crippen LogP contribution in [-0.2, 0) is 0 Å². The molecular weight excluding hydrogens is 252 g/mol. The molecule has 1 heterocycles.